The van der Waals surface area contributed by atoms with Crippen LogP contribution in [-0.4, -0.2) is 248 Å². The van der Waals surface area contributed by atoms with Crippen molar-refractivity contribution in [3.05, 3.63) is 34.4 Å². The van der Waals surface area contributed by atoms with E-state index in [-0.39, 0.29) is 30.9 Å². The van der Waals surface area contributed by atoms with Crippen LogP contribution in [0, 0.1) is 10.1 Å². The Morgan fingerprint density at radius 2 is 0.853 bits per heavy atom. The van der Waals surface area contributed by atoms with Crippen molar-refractivity contribution in [1.29, 1.82) is 0 Å². The van der Waals surface area contributed by atoms with E-state index in [1.807, 2.05) is 0 Å². The lowest BCUT2D eigenvalue weighted by molar-refractivity contribution is -0.400. The second-order valence-corrected chi connectivity index (χ2v) is 15.6. The predicted molar refractivity (Wildman–Crippen MR) is 202 cm³/mol. The van der Waals surface area contributed by atoms with E-state index in [2.05, 4.69) is 4.74 Å². The fourth-order valence-corrected chi connectivity index (χ4v) is 7.69. The third-order valence-corrected chi connectivity index (χ3v) is 11.4. The minimum Gasteiger partial charge on any atom is -0.462 e. The molecule has 5 aliphatic heterocycles. The molecule has 0 bridgehead atoms. The number of hydrogen-bond acceptors (Lipinski definition) is 31. The summed E-state index contributed by atoms with van der Waals surface area (Å²) in [6.07, 6.45) is -43.8. The van der Waals surface area contributed by atoms with Gasteiger partial charge >= 0.3 is 0 Å². The molecule has 25 atom stereocenters. The first kappa shape index (κ1) is 53.3. The highest BCUT2D eigenvalue weighted by molar-refractivity contribution is 5.38. The standard InChI is InChI=1S/C36H51N3O29/c37-14-16(45)25(62-33-22(51)18(47)21(50)31(66-33)56-7-42)12(5-40)60-30(14)65-28-20(49)24(53)34(68-36(28)58-9-44)63-26-13(6-41)61-29(15(38)17(26)46)64-27-19(48)23(52)32(67-35(27)57-8-43)59-11-3-1-10(2-4-11)39(54)55/h1-4,7-9,12-36,40-41,45-53H,5-6,37-38H2/t12?,13?,14?,15?,16-,17-,18+,19-,20-,21+,22?,23?,24?,25-,26-,27+,28+,29-,30-,31?,32-,33-,34-,35?,36?/m1/s1. The van der Waals surface area contributed by atoms with Crippen molar-refractivity contribution in [3.63, 3.8) is 0 Å². The molecule has 0 radical (unpaired) electrons. The molecule has 6 rings (SSSR count). The number of nitrogens with zero attached hydrogens (tertiary/aromatic N) is 1. The van der Waals surface area contributed by atoms with Gasteiger partial charge in [-0.2, -0.15) is 0 Å². The summed E-state index contributed by atoms with van der Waals surface area (Å²) < 4.78 is 70.1. The van der Waals surface area contributed by atoms with Crippen LogP contribution >= 0.6 is 0 Å². The van der Waals surface area contributed by atoms with Crippen LogP contribution in [0.2, 0.25) is 0 Å². The summed E-state index contributed by atoms with van der Waals surface area (Å²) >= 11 is 0. The minimum atomic E-state index is -2.19. The van der Waals surface area contributed by atoms with Crippen LogP contribution in [-0.2, 0) is 71.2 Å². The van der Waals surface area contributed by atoms with E-state index < -0.39 is 172 Å². The van der Waals surface area contributed by atoms with E-state index in [4.69, 9.17) is 68.3 Å². The van der Waals surface area contributed by atoms with Crippen LogP contribution in [0.25, 0.3) is 0 Å². The maximum atomic E-state index is 11.6. The molecular weight excluding hydrogens is 938 g/mol. The highest BCUT2D eigenvalue weighted by atomic mass is 16.8. The number of nitro benzene ring substituents is 1. The molecule has 10 unspecified atom stereocenters. The third-order valence-electron chi connectivity index (χ3n) is 11.4. The number of nitrogens with two attached hydrogens (primary N) is 2. The third kappa shape index (κ3) is 11.3. The number of non-ortho nitro benzene ring substituents is 1. The summed E-state index contributed by atoms with van der Waals surface area (Å²) in [7, 11) is 0. The van der Waals surface area contributed by atoms with Gasteiger partial charge in [-0.15, -0.1) is 0 Å². The van der Waals surface area contributed by atoms with E-state index in [1.54, 1.807) is 0 Å². The molecule has 5 saturated heterocycles. The molecule has 5 heterocycles. The minimum absolute atomic E-state index is 0.0666. The van der Waals surface area contributed by atoms with Crippen LogP contribution in [0.5, 0.6) is 5.75 Å². The Morgan fingerprint density at radius 3 is 1.28 bits per heavy atom. The van der Waals surface area contributed by atoms with Crippen LogP contribution in [0.1, 0.15) is 0 Å². The Hall–Kier alpha value is -4.05. The highest BCUT2D eigenvalue weighted by Gasteiger charge is 2.57. The molecular formula is C36H51N3O29. The second-order valence-electron chi connectivity index (χ2n) is 15.6. The number of aliphatic hydroxyl groups is 11. The van der Waals surface area contributed by atoms with E-state index in [9.17, 15) is 80.7 Å². The lowest BCUT2D eigenvalue weighted by atomic mass is 9.95. The number of benzene rings is 1. The largest absolute Gasteiger partial charge is 0.462 e. The van der Waals surface area contributed by atoms with Gasteiger partial charge in [0.05, 0.1) is 30.2 Å². The quantitative estimate of drug-likeness (QED) is 0.0265. The fourth-order valence-electron chi connectivity index (χ4n) is 7.69. The van der Waals surface area contributed by atoms with Crippen LogP contribution in [0.4, 0.5) is 5.69 Å². The van der Waals surface area contributed by atoms with Crippen molar-refractivity contribution in [3.8, 4) is 5.75 Å². The Bertz CT molecular complexity index is 1810. The molecule has 5 aliphatic rings. The molecule has 384 valence electrons. The molecule has 5 fully saturated rings. The van der Waals surface area contributed by atoms with Crippen LogP contribution < -0.4 is 16.2 Å². The van der Waals surface area contributed by atoms with Gasteiger partial charge in [0, 0.05) is 12.1 Å². The van der Waals surface area contributed by atoms with Crippen molar-refractivity contribution in [2.24, 2.45) is 11.5 Å². The van der Waals surface area contributed by atoms with Crippen molar-refractivity contribution >= 4 is 25.1 Å². The number of rotatable bonds is 19. The Morgan fingerprint density at radius 1 is 0.485 bits per heavy atom. The fraction of sp³-hybridized carbons (Fsp3) is 0.750. The second kappa shape index (κ2) is 23.2. The molecule has 0 aromatic heterocycles. The van der Waals surface area contributed by atoms with Gasteiger partial charge in [-0.05, 0) is 12.1 Å². The van der Waals surface area contributed by atoms with Gasteiger partial charge in [0.2, 0.25) is 25.2 Å². The number of carbonyl (C=O) groups excluding carboxylic acids is 3. The lowest BCUT2D eigenvalue weighted by Gasteiger charge is -2.49. The summed E-state index contributed by atoms with van der Waals surface area (Å²) in [4.78, 5) is 44.2. The van der Waals surface area contributed by atoms with Crippen molar-refractivity contribution < 1.29 is 137 Å². The molecule has 1 aromatic carbocycles. The van der Waals surface area contributed by atoms with E-state index in [0.717, 1.165) is 24.3 Å². The zero-order chi connectivity index (χ0) is 49.7. The lowest BCUT2D eigenvalue weighted by Crippen LogP contribution is -2.69. The highest BCUT2D eigenvalue weighted by Crippen LogP contribution is 2.36. The number of aliphatic hydroxyl groups excluding tert-OH is 11. The predicted octanol–water partition coefficient (Wildman–Crippen LogP) is -9.58. The average molecular weight is 990 g/mol. The molecule has 68 heavy (non-hydrogen) atoms. The smallest absolute Gasteiger partial charge is 0.295 e. The van der Waals surface area contributed by atoms with Gasteiger partial charge in [-0.25, -0.2) is 0 Å². The van der Waals surface area contributed by atoms with Gasteiger partial charge < -0.3 is 124 Å². The normalized spacial score (nSPS) is 45.3. The summed E-state index contributed by atoms with van der Waals surface area (Å²) in [5, 5.41) is 129. The molecule has 0 aliphatic carbocycles. The van der Waals surface area contributed by atoms with Gasteiger partial charge in [0.25, 0.3) is 25.1 Å². The molecule has 15 N–H and O–H groups in total. The van der Waals surface area contributed by atoms with Crippen LogP contribution in [0.15, 0.2) is 24.3 Å². The Kier molecular flexibility index (Phi) is 18.2. The summed E-state index contributed by atoms with van der Waals surface area (Å²) in [6.45, 7) is -2.36. The van der Waals surface area contributed by atoms with Gasteiger partial charge in [-0.3, -0.25) is 29.2 Å². The van der Waals surface area contributed by atoms with E-state index in [1.165, 1.54) is 0 Å². The Balaban J connectivity index is 1.09. The summed E-state index contributed by atoms with van der Waals surface area (Å²) in [5.41, 5.74) is 12.1. The molecule has 32 heteroatoms. The molecule has 0 saturated carbocycles. The summed E-state index contributed by atoms with van der Waals surface area (Å²) in [6, 6.07) is 1.07. The average Bonchev–Trinajstić information content (AvgIpc) is 3.32. The maximum Gasteiger partial charge on any atom is 0.295 e. The number of nitro groups is 1. The van der Waals surface area contributed by atoms with Crippen molar-refractivity contribution in [2.45, 2.75) is 154 Å². The first-order chi connectivity index (χ1) is 32.4. The van der Waals surface area contributed by atoms with Gasteiger partial charge in [0.1, 0.15) is 85.1 Å². The van der Waals surface area contributed by atoms with Gasteiger partial charge in [0.15, 0.2) is 37.4 Å². The van der Waals surface area contributed by atoms with Gasteiger partial charge in [-0.1, -0.05) is 0 Å². The van der Waals surface area contributed by atoms with Crippen molar-refractivity contribution in [1.82, 2.24) is 0 Å². The number of ether oxygens (including phenoxy) is 13. The number of hydrogen-bond donors (Lipinski definition) is 13. The monoisotopic (exact) mass is 989 g/mol. The first-order valence-electron chi connectivity index (χ1n) is 20.3. The van der Waals surface area contributed by atoms with E-state index >= 15 is 0 Å². The maximum absolute atomic E-state index is 11.6. The van der Waals surface area contributed by atoms with Crippen molar-refractivity contribution in [2.75, 3.05) is 13.2 Å². The molecule has 0 spiro atoms. The zero-order valence-corrected chi connectivity index (χ0v) is 34.8. The summed E-state index contributed by atoms with van der Waals surface area (Å²) in [5.74, 6) is -0.0666. The molecule has 32 nitrogen and oxygen atoms in total. The van der Waals surface area contributed by atoms with Crippen LogP contribution in [0.3, 0.4) is 0 Å². The first-order valence-corrected chi connectivity index (χ1v) is 20.3. The molecule has 1 aromatic rings. The SMILES string of the molecule is NC1[C@@H](O[C@@H]2C(OC=O)O[C@@H](O[C@@H]3C(CO)O[C@H](O[C@@H]4C(OC=O)O[C@@H](Oc5ccc([N+](=O)[O-])cc5)C(O)[C@H]4O)C(N)[C@H]3O)C(O)[C@H]2O)OC(CO)[C@@H](O[C@@H]2OC(OC=O)[C@@H](O)[C@H](O)C2O)[C@@H]1O. The number of carbonyl (C=O) groups is 3. The zero-order valence-electron chi connectivity index (χ0n) is 34.8. The Labute approximate surface area is 380 Å². The van der Waals surface area contributed by atoms with E-state index in [0.29, 0.717) is 0 Å². The molecule has 0 amide bonds. The topological polar surface area (TPSA) is 489 Å².